The largest absolute Gasteiger partial charge is 0.388 e. The van der Waals surface area contributed by atoms with Crippen LogP contribution in [0.5, 0.6) is 0 Å². The van der Waals surface area contributed by atoms with Gasteiger partial charge in [0.2, 0.25) is 5.91 Å². The summed E-state index contributed by atoms with van der Waals surface area (Å²) in [5.74, 6) is 0.807. The van der Waals surface area contributed by atoms with Gasteiger partial charge in [-0.1, -0.05) is 13.8 Å². The Labute approximate surface area is 172 Å². The van der Waals surface area contributed by atoms with Crippen molar-refractivity contribution in [1.82, 2.24) is 10.2 Å². The van der Waals surface area contributed by atoms with Crippen LogP contribution in [-0.4, -0.2) is 101 Å². The van der Waals surface area contributed by atoms with Crippen molar-refractivity contribution in [2.45, 2.75) is 75.2 Å². The summed E-state index contributed by atoms with van der Waals surface area (Å²) in [6.45, 7) is 6.97. The molecular formula is C19H36N2O6S. The summed E-state index contributed by atoms with van der Waals surface area (Å²) >= 11 is 1.24. The number of nitrogens with one attached hydrogen (secondary N) is 1. The molecule has 0 aliphatic carbocycles. The third-order valence-electron chi connectivity index (χ3n) is 6.21. The summed E-state index contributed by atoms with van der Waals surface area (Å²) in [6.07, 6.45) is -2.74. The predicted octanol–water partition coefficient (Wildman–Crippen LogP) is -0.347. The minimum Gasteiger partial charge on any atom is -0.388 e. The third kappa shape index (κ3) is 5.00. The molecule has 0 unspecified atom stereocenters. The van der Waals surface area contributed by atoms with Gasteiger partial charge in [-0.2, -0.15) is 0 Å². The fourth-order valence-electron chi connectivity index (χ4n) is 4.07. The third-order valence-corrected chi connectivity index (χ3v) is 7.06. The maximum Gasteiger partial charge on any atom is 0.237 e. The minimum absolute atomic E-state index is 0.142. The van der Waals surface area contributed by atoms with Crippen LogP contribution >= 0.6 is 11.8 Å². The highest BCUT2D eigenvalue weighted by molar-refractivity contribution is 7.99. The topological polar surface area (TPSA) is 111 Å². The highest BCUT2D eigenvalue weighted by Gasteiger charge is 2.48. The Morgan fingerprint density at radius 3 is 2.36 bits per heavy atom. The quantitative estimate of drug-likeness (QED) is 0.442. The molecule has 0 saturated carbocycles. The number of aliphatic hydroxyl groups is 3. The summed E-state index contributed by atoms with van der Waals surface area (Å²) in [4.78, 5) is 15.1. The first-order chi connectivity index (χ1) is 13.1. The molecule has 2 fully saturated rings. The number of thioether (sulfide) groups is 1. The molecule has 0 aromatic rings. The van der Waals surface area contributed by atoms with Crippen LogP contribution in [0.4, 0.5) is 0 Å². The Morgan fingerprint density at radius 2 is 1.86 bits per heavy atom. The van der Waals surface area contributed by atoms with E-state index in [1.807, 2.05) is 7.05 Å². The summed E-state index contributed by atoms with van der Waals surface area (Å²) in [6, 6.07) is -0.928. The number of amides is 1. The average Bonchev–Trinajstić information content (AvgIpc) is 3.06. The Morgan fingerprint density at radius 1 is 1.21 bits per heavy atom. The number of aliphatic hydroxyl groups excluding tert-OH is 3. The second-order valence-electron chi connectivity index (χ2n) is 8.35. The van der Waals surface area contributed by atoms with Crippen LogP contribution in [0.2, 0.25) is 0 Å². The summed E-state index contributed by atoms with van der Waals surface area (Å²) < 4.78 is 11.3. The van der Waals surface area contributed by atoms with Gasteiger partial charge < -0.3 is 30.1 Å². The molecule has 0 spiro atoms. The molecule has 8 nitrogen and oxygen atoms in total. The van der Waals surface area contributed by atoms with Crippen LogP contribution in [0, 0.1) is 11.8 Å². The summed E-state index contributed by atoms with van der Waals surface area (Å²) in [5.41, 5.74) is -0.702. The lowest BCUT2D eigenvalue weighted by molar-refractivity contribution is -0.212. The van der Waals surface area contributed by atoms with Gasteiger partial charge in [0.25, 0.3) is 0 Å². The lowest BCUT2D eigenvalue weighted by atomic mass is 9.91. The van der Waals surface area contributed by atoms with E-state index in [1.165, 1.54) is 18.9 Å². The molecule has 28 heavy (non-hydrogen) atoms. The second kappa shape index (κ2) is 10.1. The van der Waals surface area contributed by atoms with Crippen LogP contribution in [0.25, 0.3) is 0 Å². The molecule has 2 heterocycles. The first kappa shape index (κ1) is 23.9. The Balaban J connectivity index is 2.16. The van der Waals surface area contributed by atoms with E-state index < -0.39 is 42.0 Å². The number of likely N-dealkylation sites (N-methyl/N-ethyl adjacent to an activating group) is 1. The van der Waals surface area contributed by atoms with Crippen LogP contribution in [0.3, 0.4) is 0 Å². The normalized spacial score (nSPS) is 39.1. The Kier molecular flexibility index (Phi) is 8.57. The van der Waals surface area contributed by atoms with Gasteiger partial charge in [-0.25, -0.2) is 0 Å². The zero-order valence-electron chi connectivity index (χ0n) is 17.6. The van der Waals surface area contributed by atoms with Crippen molar-refractivity contribution >= 4 is 17.7 Å². The van der Waals surface area contributed by atoms with Crippen molar-refractivity contribution < 1.29 is 29.6 Å². The molecule has 0 radical (unpaired) electrons. The zero-order chi connectivity index (χ0) is 21.2. The highest BCUT2D eigenvalue weighted by atomic mass is 32.2. The maximum absolute atomic E-state index is 13.0. The number of likely N-dealkylation sites (tertiary alicyclic amines) is 1. The lowest BCUT2D eigenvalue weighted by Gasteiger charge is -2.44. The maximum atomic E-state index is 13.0. The predicted molar refractivity (Wildman–Crippen MR) is 108 cm³/mol. The number of hydrogen-bond donors (Lipinski definition) is 4. The number of nitrogens with zero attached hydrogens (tertiary/aromatic N) is 1. The Hall–Kier alpha value is -0.420. The molecule has 2 aliphatic rings. The molecule has 9 atom stereocenters. The van der Waals surface area contributed by atoms with Crippen molar-refractivity contribution in [3.63, 3.8) is 0 Å². The van der Waals surface area contributed by atoms with Gasteiger partial charge in [0.1, 0.15) is 29.9 Å². The van der Waals surface area contributed by atoms with E-state index in [-0.39, 0.29) is 11.9 Å². The standard InChI is InChI=1S/C19H36N2O6S/c1-9(2)11-7-12(21(4)8-11)18(25)20-13(10(3)26-5)17-15(23)14(22)16(24)19(27-17)28-6/h9-17,19,22-24H,7-8H2,1-6H3,(H,20,25)/t10-,11-,12+,13-,14+,15-,16-,17-,19-/m1/s1. The first-order valence-electron chi connectivity index (χ1n) is 9.88. The van der Waals surface area contributed by atoms with Crippen molar-refractivity contribution in [3.8, 4) is 0 Å². The van der Waals surface area contributed by atoms with Crippen LogP contribution in [0.15, 0.2) is 0 Å². The molecule has 0 aromatic heterocycles. The van der Waals surface area contributed by atoms with Crippen molar-refractivity contribution in [1.29, 1.82) is 0 Å². The summed E-state index contributed by atoms with van der Waals surface area (Å²) in [5, 5.41) is 33.8. The summed E-state index contributed by atoms with van der Waals surface area (Å²) in [7, 11) is 3.46. The van der Waals surface area contributed by atoms with E-state index >= 15 is 0 Å². The number of methoxy groups -OCH3 is 1. The SMILES string of the molecule is CO[C@H](C)[C@@H](NC(=O)[C@@H]1C[C@@H](C(C)C)CN1C)[C@H]1O[C@H](SC)[C@H](O)[C@@H](O)[C@H]1O. The van der Waals surface area contributed by atoms with Gasteiger partial charge in [-0.15, -0.1) is 11.8 Å². The van der Waals surface area contributed by atoms with Crippen LogP contribution in [-0.2, 0) is 14.3 Å². The van der Waals surface area contributed by atoms with Gasteiger partial charge in [0.15, 0.2) is 0 Å². The molecule has 164 valence electrons. The molecule has 1 amide bonds. The van der Waals surface area contributed by atoms with Gasteiger partial charge in [0.05, 0.1) is 18.2 Å². The first-order valence-corrected chi connectivity index (χ1v) is 11.2. The average molecular weight is 421 g/mol. The monoisotopic (exact) mass is 420 g/mol. The van der Waals surface area contributed by atoms with Crippen LogP contribution in [0.1, 0.15) is 27.2 Å². The minimum atomic E-state index is -1.36. The smallest absolute Gasteiger partial charge is 0.237 e. The van der Waals surface area contributed by atoms with Crippen LogP contribution < -0.4 is 5.32 Å². The molecule has 2 aliphatic heterocycles. The van der Waals surface area contributed by atoms with E-state index in [1.54, 1.807) is 13.2 Å². The number of carbonyl (C=O) groups is 1. The number of rotatable bonds is 7. The van der Waals surface area contributed by atoms with Gasteiger partial charge in [0, 0.05) is 13.7 Å². The van der Waals surface area contributed by atoms with Crippen molar-refractivity contribution in [3.05, 3.63) is 0 Å². The van der Waals surface area contributed by atoms with Gasteiger partial charge >= 0.3 is 0 Å². The fraction of sp³-hybridized carbons (Fsp3) is 0.947. The molecule has 9 heteroatoms. The zero-order valence-corrected chi connectivity index (χ0v) is 18.4. The van der Waals surface area contributed by atoms with E-state index in [2.05, 4.69) is 24.1 Å². The van der Waals surface area contributed by atoms with E-state index in [9.17, 15) is 20.1 Å². The molecule has 2 rings (SSSR count). The molecule has 0 aromatic carbocycles. The van der Waals surface area contributed by atoms with E-state index in [0.717, 1.165) is 13.0 Å². The number of hydrogen-bond acceptors (Lipinski definition) is 8. The molecular weight excluding hydrogens is 384 g/mol. The number of ether oxygens (including phenoxy) is 2. The number of carbonyl (C=O) groups excluding carboxylic acids is 1. The van der Waals surface area contributed by atoms with Gasteiger partial charge in [-0.3, -0.25) is 9.69 Å². The Bertz CT molecular complexity index is 523. The second-order valence-corrected chi connectivity index (χ2v) is 9.28. The van der Waals surface area contributed by atoms with E-state index in [0.29, 0.717) is 11.8 Å². The van der Waals surface area contributed by atoms with E-state index in [4.69, 9.17) is 9.47 Å². The molecule has 0 bridgehead atoms. The fourth-order valence-corrected chi connectivity index (χ4v) is 4.75. The lowest BCUT2D eigenvalue weighted by Crippen LogP contribution is -2.65. The van der Waals surface area contributed by atoms with Gasteiger partial charge in [-0.05, 0) is 38.5 Å². The molecule has 2 saturated heterocycles. The van der Waals surface area contributed by atoms with Crippen molar-refractivity contribution in [2.75, 3.05) is 27.0 Å². The highest BCUT2D eigenvalue weighted by Crippen LogP contribution is 2.31. The molecule has 4 N–H and O–H groups in total. The van der Waals surface area contributed by atoms with Crippen molar-refractivity contribution in [2.24, 2.45) is 11.8 Å².